The molecule has 1 aromatic heterocycles. The van der Waals surface area contributed by atoms with Gasteiger partial charge in [-0.05, 0) is 25.7 Å². The number of aryl methyl sites for hydroxylation is 1. The highest BCUT2D eigenvalue weighted by atomic mass is 16.3. The van der Waals surface area contributed by atoms with Gasteiger partial charge in [0.1, 0.15) is 5.54 Å². The standard InChI is InChI=1S/C11H14N4O3/c16-3-1-2-8-6-15(14-13-8)11-4-7(5-11)9(17)12-10(11)18/h6-7,16H,1-5H2,(H,12,17,18). The molecule has 2 aliphatic heterocycles. The van der Waals surface area contributed by atoms with E-state index in [4.69, 9.17) is 5.11 Å². The number of carbonyl (C=O) groups is 2. The molecule has 0 atom stereocenters. The number of amides is 2. The second-order valence-corrected chi connectivity index (χ2v) is 4.94. The third-order valence-electron chi connectivity index (χ3n) is 3.77. The third-order valence-corrected chi connectivity index (χ3v) is 3.77. The van der Waals surface area contributed by atoms with Gasteiger partial charge in [-0.25, -0.2) is 4.68 Å². The minimum atomic E-state index is -0.719. The lowest BCUT2D eigenvalue weighted by atomic mass is 9.64. The molecule has 0 radical (unpaired) electrons. The molecule has 2 saturated heterocycles. The quantitative estimate of drug-likeness (QED) is 0.666. The van der Waals surface area contributed by atoms with Crippen LogP contribution in [0.15, 0.2) is 6.20 Å². The van der Waals surface area contributed by atoms with E-state index in [1.165, 1.54) is 0 Å². The molecule has 0 aromatic carbocycles. The second-order valence-electron chi connectivity index (χ2n) is 4.94. The van der Waals surface area contributed by atoms with Crippen LogP contribution in [0.4, 0.5) is 0 Å². The summed E-state index contributed by atoms with van der Waals surface area (Å²) in [5.41, 5.74) is 0.0369. The number of rotatable bonds is 4. The Morgan fingerprint density at radius 3 is 2.94 bits per heavy atom. The Morgan fingerprint density at radius 1 is 1.50 bits per heavy atom. The van der Waals surface area contributed by atoms with E-state index in [1.54, 1.807) is 10.9 Å². The lowest BCUT2D eigenvalue weighted by Gasteiger charge is -2.48. The lowest BCUT2D eigenvalue weighted by molar-refractivity contribution is -0.157. The molecule has 2 N–H and O–H groups in total. The van der Waals surface area contributed by atoms with Crippen molar-refractivity contribution in [1.82, 2.24) is 20.3 Å². The number of piperidine rings is 2. The Balaban J connectivity index is 1.81. The lowest BCUT2D eigenvalue weighted by Crippen LogP contribution is -2.67. The Bertz CT molecular complexity index is 504. The van der Waals surface area contributed by atoms with Gasteiger partial charge in [0.15, 0.2) is 0 Å². The van der Waals surface area contributed by atoms with Crippen molar-refractivity contribution in [3.63, 3.8) is 0 Å². The normalized spacial score (nSPS) is 29.9. The molecule has 3 fully saturated rings. The number of fused-ring (bicyclic) bond motifs is 2. The summed E-state index contributed by atoms with van der Waals surface area (Å²) < 4.78 is 1.57. The summed E-state index contributed by atoms with van der Waals surface area (Å²) in [5.74, 6) is -0.538. The maximum Gasteiger partial charge on any atom is 0.254 e. The average Bonchev–Trinajstić information content (AvgIpc) is 2.73. The maximum atomic E-state index is 11.9. The summed E-state index contributed by atoms with van der Waals surface area (Å²) in [6.45, 7) is 0.106. The van der Waals surface area contributed by atoms with E-state index in [9.17, 15) is 9.59 Å². The molecule has 18 heavy (non-hydrogen) atoms. The topological polar surface area (TPSA) is 97.1 Å². The highest BCUT2D eigenvalue weighted by Crippen LogP contribution is 2.46. The van der Waals surface area contributed by atoms with Crippen molar-refractivity contribution in [2.45, 2.75) is 31.2 Å². The van der Waals surface area contributed by atoms with Crippen LogP contribution in [0.25, 0.3) is 0 Å². The Morgan fingerprint density at radius 2 is 2.28 bits per heavy atom. The van der Waals surface area contributed by atoms with Crippen molar-refractivity contribution in [2.75, 3.05) is 6.61 Å². The first-order chi connectivity index (χ1) is 8.65. The molecule has 1 aromatic rings. The van der Waals surface area contributed by atoms with Gasteiger partial charge in [-0.15, -0.1) is 5.10 Å². The monoisotopic (exact) mass is 250 g/mol. The van der Waals surface area contributed by atoms with Gasteiger partial charge < -0.3 is 5.11 Å². The van der Waals surface area contributed by atoms with Crippen LogP contribution in [0.1, 0.15) is 25.0 Å². The molecule has 3 aliphatic rings. The Labute approximate surface area is 103 Å². The summed E-state index contributed by atoms with van der Waals surface area (Å²) >= 11 is 0. The largest absolute Gasteiger partial charge is 0.396 e. The fourth-order valence-electron chi connectivity index (χ4n) is 2.63. The summed E-state index contributed by atoms with van der Waals surface area (Å²) in [6.07, 6.45) is 4.03. The van der Waals surface area contributed by atoms with Crippen LogP contribution in [0.5, 0.6) is 0 Å². The first kappa shape index (κ1) is 11.3. The molecule has 0 spiro atoms. The van der Waals surface area contributed by atoms with E-state index in [0.29, 0.717) is 25.7 Å². The van der Waals surface area contributed by atoms with Crippen molar-refractivity contribution in [3.8, 4) is 0 Å². The number of aliphatic hydroxyl groups excluding tert-OH is 1. The molecule has 3 heterocycles. The first-order valence-corrected chi connectivity index (χ1v) is 6.03. The highest BCUT2D eigenvalue weighted by Gasteiger charge is 2.59. The molecule has 1 aliphatic carbocycles. The number of aromatic nitrogens is 3. The SMILES string of the molecule is O=C1NC(=O)C2(n3cc(CCCO)nn3)CC1C2. The molecule has 0 unspecified atom stereocenters. The smallest absolute Gasteiger partial charge is 0.254 e. The third kappa shape index (κ3) is 1.47. The fraction of sp³-hybridized carbons (Fsp3) is 0.636. The highest BCUT2D eigenvalue weighted by molar-refractivity contribution is 6.05. The number of hydrogen-bond donors (Lipinski definition) is 2. The zero-order chi connectivity index (χ0) is 12.8. The Hall–Kier alpha value is -1.76. The van der Waals surface area contributed by atoms with Crippen molar-refractivity contribution >= 4 is 11.8 Å². The molecule has 2 amide bonds. The summed E-state index contributed by atoms with van der Waals surface area (Å²) in [4.78, 5) is 23.3. The van der Waals surface area contributed by atoms with Crippen LogP contribution in [-0.4, -0.2) is 38.5 Å². The van der Waals surface area contributed by atoms with Gasteiger partial charge in [-0.1, -0.05) is 5.21 Å². The molecular weight excluding hydrogens is 236 g/mol. The number of nitrogens with one attached hydrogen (secondary N) is 1. The zero-order valence-electron chi connectivity index (χ0n) is 9.80. The van der Waals surface area contributed by atoms with Crippen molar-refractivity contribution in [2.24, 2.45) is 5.92 Å². The second kappa shape index (κ2) is 3.88. The minimum absolute atomic E-state index is 0.0761. The van der Waals surface area contributed by atoms with Crippen molar-refractivity contribution in [1.29, 1.82) is 0 Å². The van der Waals surface area contributed by atoms with Gasteiger partial charge in [-0.3, -0.25) is 14.9 Å². The van der Waals surface area contributed by atoms with Crippen LogP contribution >= 0.6 is 0 Å². The summed E-state index contributed by atoms with van der Waals surface area (Å²) in [5, 5.41) is 19.1. The molecule has 4 rings (SSSR count). The van der Waals surface area contributed by atoms with E-state index in [-0.39, 0.29) is 24.3 Å². The van der Waals surface area contributed by atoms with Crippen molar-refractivity contribution < 1.29 is 14.7 Å². The first-order valence-electron chi connectivity index (χ1n) is 6.03. The zero-order valence-corrected chi connectivity index (χ0v) is 9.80. The number of carbonyl (C=O) groups excluding carboxylic acids is 2. The maximum absolute atomic E-state index is 11.9. The van der Waals surface area contributed by atoms with Crippen LogP contribution in [0, 0.1) is 5.92 Å². The predicted molar refractivity (Wildman–Crippen MR) is 59.3 cm³/mol. The van der Waals surface area contributed by atoms with E-state index in [0.717, 1.165) is 5.69 Å². The van der Waals surface area contributed by atoms with E-state index in [1.807, 2.05) is 0 Å². The summed E-state index contributed by atoms with van der Waals surface area (Å²) in [6, 6.07) is 0. The molecule has 7 nitrogen and oxygen atoms in total. The number of aliphatic hydroxyl groups is 1. The molecule has 2 bridgehead atoms. The molecular formula is C11H14N4O3. The van der Waals surface area contributed by atoms with E-state index in [2.05, 4.69) is 15.6 Å². The van der Waals surface area contributed by atoms with E-state index >= 15 is 0 Å². The van der Waals surface area contributed by atoms with E-state index < -0.39 is 5.54 Å². The van der Waals surface area contributed by atoms with Crippen LogP contribution in [0.3, 0.4) is 0 Å². The van der Waals surface area contributed by atoms with Crippen molar-refractivity contribution in [3.05, 3.63) is 11.9 Å². The van der Waals surface area contributed by atoms with Gasteiger partial charge in [0.05, 0.1) is 5.69 Å². The number of nitrogens with zero attached hydrogens (tertiary/aromatic N) is 3. The van der Waals surface area contributed by atoms with Gasteiger partial charge in [0.25, 0.3) is 5.91 Å². The van der Waals surface area contributed by atoms with Crippen LogP contribution in [0.2, 0.25) is 0 Å². The average molecular weight is 250 g/mol. The fourth-order valence-corrected chi connectivity index (χ4v) is 2.63. The minimum Gasteiger partial charge on any atom is -0.396 e. The van der Waals surface area contributed by atoms with Gasteiger partial charge >= 0.3 is 0 Å². The number of imide groups is 1. The van der Waals surface area contributed by atoms with Crippen LogP contribution in [-0.2, 0) is 21.5 Å². The summed E-state index contributed by atoms with van der Waals surface area (Å²) in [7, 11) is 0. The molecule has 1 saturated carbocycles. The van der Waals surface area contributed by atoms with Gasteiger partial charge in [0.2, 0.25) is 5.91 Å². The van der Waals surface area contributed by atoms with Gasteiger partial charge in [0, 0.05) is 18.7 Å². The molecule has 96 valence electrons. The molecule has 7 heteroatoms. The van der Waals surface area contributed by atoms with Crippen LogP contribution < -0.4 is 5.32 Å². The van der Waals surface area contributed by atoms with Gasteiger partial charge in [-0.2, -0.15) is 0 Å². The number of hydrogen-bond acceptors (Lipinski definition) is 5. The predicted octanol–water partition coefficient (Wildman–Crippen LogP) is -1.04. The Kier molecular flexibility index (Phi) is 2.44.